The van der Waals surface area contributed by atoms with Crippen LogP contribution in [0.1, 0.15) is 21.5 Å². The van der Waals surface area contributed by atoms with Crippen molar-refractivity contribution in [3.05, 3.63) is 102 Å². The Hall–Kier alpha value is -3.57. The molecule has 0 spiro atoms. The predicted octanol–water partition coefficient (Wildman–Crippen LogP) is 4.61. The van der Waals surface area contributed by atoms with Gasteiger partial charge in [-0.05, 0) is 42.0 Å². The second-order valence-corrected chi connectivity index (χ2v) is 5.94. The lowest BCUT2D eigenvalue weighted by Gasteiger charge is -2.10. The number of ether oxygens (including phenoxy) is 2. The molecule has 0 radical (unpaired) electrons. The van der Waals surface area contributed by atoms with E-state index in [4.69, 9.17) is 14.3 Å². The largest absolute Gasteiger partial charge is 0.489 e. The van der Waals surface area contributed by atoms with Gasteiger partial charge in [0.05, 0.1) is 7.11 Å². The van der Waals surface area contributed by atoms with E-state index in [2.05, 4.69) is 5.48 Å². The molecule has 1 N–H and O–H groups in total. The monoisotopic (exact) mass is 375 g/mol. The molecule has 0 heterocycles. The van der Waals surface area contributed by atoms with Gasteiger partial charge in [0.15, 0.2) is 0 Å². The van der Waals surface area contributed by atoms with Crippen molar-refractivity contribution in [1.29, 1.82) is 0 Å². The molecule has 0 atom stereocenters. The van der Waals surface area contributed by atoms with E-state index in [-0.39, 0.29) is 0 Å². The number of rotatable bonds is 9. The Balaban J connectivity index is 1.59. The normalized spacial score (nSPS) is 11.0. The van der Waals surface area contributed by atoms with Gasteiger partial charge in [0.2, 0.25) is 0 Å². The van der Waals surface area contributed by atoms with Crippen molar-refractivity contribution in [2.75, 3.05) is 7.11 Å². The van der Waals surface area contributed by atoms with Crippen LogP contribution >= 0.6 is 0 Å². The molecule has 0 amide bonds. The van der Waals surface area contributed by atoms with E-state index in [1.54, 1.807) is 37.6 Å². The SMILES string of the molecule is CONC(=COc1ccc(COc2ccc(C=O)cc2)cc1)c1ccccc1. The first-order valence-electron chi connectivity index (χ1n) is 8.77. The maximum Gasteiger partial charge on any atom is 0.150 e. The molecule has 3 rings (SSSR count). The van der Waals surface area contributed by atoms with Gasteiger partial charge in [-0.3, -0.25) is 15.1 Å². The number of benzene rings is 3. The molecule has 0 saturated heterocycles. The number of aldehydes is 1. The van der Waals surface area contributed by atoms with Crippen LogP contribution in [0.2, 0.25) is 0 Å². The lowest BCUT2D eigenvalue weighted by molar-refractivity contribution is 0.112. The molecule has 0 aromatic heterocycles. The van der Waals surface area contributed by atoms with Gasteiger partial charge in [0, 0.05) is 11.1 Å². The van der Waals surface area contributed by atoms with Crippen molar-refractivity contribution >= 4 is 12.0 Å². The van der Waals surface area contributed by atoms with Crippen LogP contribution in [0.4, 0.5) is 0 Å². The van der Waals surface area contributed by atoms with Gasteiger partial charge in [0.1, 0.15) is 36.4 Å². The minimum Gasteiger partial charge on any atom is -0.489 e. The summed E-state index contributed by atoms with van der Waals surface area (Å²) in [7, 11) is 1.55. The van der Waals surface area contributed by atoms with Crippen molar-refractivity contribution in [1.82, 2.24) is 5.48 Å². The zero-order chi connectivity index (χ0) is 19.6. The summed E-state index contributed by atoms with van der Waals surface area (Å²) < 4.78 is 11.5. The Morgan fingerprint density at radius 1 is 0.893 bits per heavy atom. The standard InChI is InChI=1S/C23H21NO4/c1-26-24-23(20-5-3-2-4-6-20)17-28-22-13-9-19(10-14-22)16-27-21-11-7-18(15-25)8-12-21/h2-15,17,24H,16H2,1H3. The first kappa shape index (κ1) is 19.2. The summed E-state index contributed by atoms with van der Waals surface area (Å²) in [6, 6.07) is 24.4. The van der Waals surface area contributed by atoms with Crippen LogP contribution in [0.5, 0.6) is 11.5 Å². The molecular formula is C23H21NO4. The average molecular weight is 375 g/mol. The lowest BCUT2D eigenvalue weighted by atomic mass is 10.2. The highest BCUT2D eigenvalue weighted by Gasteiger charge is 2.02. The molecule has 0 unspecified atom stereocenters. The fourth-order valence-electron chi connectivity index (χ4n) is 2.48. The number of carbonyl (C=O) groups excluding carboxylic acids is 1. The Morgan fingerprint density at radius 3 is 2.21 bits per heavy atom. The number of carbonyl (C=O) groups is 1. The van der Waals surface area contributed by atoms with Crippen molar-refractivity contribution in [2.45, 2.75) is 6.61 Å². The molecule has 0 saturated carbocycles. The Morgan fingerprint density at radius 2 is 1.57 bits per heavy atom. The molecule has 0 aliphatic heterocycles. The summed E-state index contributed by atoms with van der Waals surface area (Å²) in [5.41, 5.74) is 6.13. The molecule has 142 valence electrons. The van der Waals surface area contributed by atoms with Gasteiger partial charge in [-0.2, -0.15) is 0 Å². The second kappa shape index (κ2) is 9.94. The third kappa shape index (κ3) is 5.46. The fourth-order valence-corrected chi connectivity index (χ4v) is 2.48. The highest BCUT2D eigenvalue weighted by Crippen LogP contribution is 2.18. The summed E-state index contributed by atoms with van der Waals surface area (Å²) in [4.78, 5) is 15.7. The maximum absolute atomic E-state index is 10.7. The molecule has 0 aliphatic rings. The Labute approximate surface area is 164 Å². The van der Waals surface area contributed by atoms with Gasteiger partial charge in [-0.25, -0.2) is 0 Å². The van der Waals surface area contributed by atoms with E-state index in [0.29, 0.717) is 29.4 Å². The molecule has 3 aromatic carbocycles. The van der Waals surface area contributed by atoms with Crippen molar-refractivity contribution in [3.63, 3.8) is 0 Å². The summed E-state index contributed by atoms with van der Waals surface area (Å²) in [6.07, 6.45) is 2.42. The van der Waals surface area contributed by atoms with Gasteiger partial charge >= 0.3 is 0 Å². The quantitative estimate of drug-likeness (QED) is 0.336. The number of nitrogens with one attached hydrogen (secondary N) is 1. The fraction of sp³-hybridized carbons (Fsp3) is 0.0870. The number of hydrogen-bond donors (Lipinski definition) is 1. The topological polar surface area (TPSA) is 56.8 Å². The summed E-state index contributed by atoms with van der Waals surface area (Å²) >= 11 is 0. The Kier molecular flexibility index (Phi) is 6.82. The third-order valence-corrected chi connectivity index (χ3v) is 3.95. The summed E-state index contributed by atoms with van der Waals surface area (Å²) in [5.74, 6) is 1.41. The Bertz CT molecular complexity index is 904. The van der Waals surface area contributed by atoms with E-state index < -0.39 is 0 Å². The first-order valence-corrected chi connectivity index (χ1v) is 8.77. The van der Waals surface area contributed by atoms with Crippen molar-refractivity contribution < 1.29 is 19.1 Å². The zero-order valence-electron chi connectivity index (χ0n) is 15.5. The van der Waals surface area contributed by atoms with E-state index in [9.17, 15) is 4.79 Å². The van der Waals surface area contributed by atoms with Gasteiger partial charge in [0.25, 0.3) is 0 Å². The highest BCUT2D eigenvalue weighted by atomic mass is 16.6. The minimum absolute atomic E-state index is 0.428. The highest BCUT2D eigenvalue weighted by molar-refractivity contribution is 5.74. The molecule has 5 heteroatoms. The lowest BCUT2D eigenvalue weighted by Crippen LogP contribution is -2.11. The molecule has 5 nitrogen and oxygen atoms in total. The number of hydroxylamine groups is 1. The van der Waals surface area contributed by atoms with E-state index in [0.717, 1.165) is 17.4 Å². The van der Waals surface area contributed by atoms with Crippen LogP contribution in [0.3, 0.4) is 0 Å². The van der Waals surface area contributed by atoms with Gasteiger partial charge < -0.3 is 9.47 Å². The molecule has 0 bridgehead atoms. The minimum atomic E-state index is 0.428. The molecular weight excluding hydrogens is 354 g/mol. The molecule has 0 aliphatic carbocycles. The molecule has 3 aromatic rings. The van der Waals surface area contributed by atoms with Crippen LogP contribution < -0.4 is 15.0 Å². The predicted molar refractivity (Wildman–Crippen MR) is 108 cm³/mol. The second-order valence-electron chi connectivity index (χ2n) is 5.94. The van der Waals surface area contributed by atoms with Crippen LogP contribution in [-0.4, -0.2) is 13.4 Å². The van der Waals surface area contributed by atoms with E-state index in [1.807, 2.05) is 54.6 Å². The molecule has 0 fully saturated rings. The van der Waals surface area contributed by atoms with Crippen molar-refractivity contribution in [2.24, 2.45) is 0 Å². The van der Waals surface area contributed by atoms with Crippen LogP contribution in [-0.2, 0) is 11.4 Å². The average Bonchev–Trinajstić information content (AvgIpc) is 2.77. The smallest absolute Gasteiger partial charge is 0.150 e. The van der Waals surface area contributed by atoms with E-state index in [1.165, 1.54) is 0 Å². The van der Waals surface area contributed by atoms with Crippen molar-refractivity contribution in [3.8, 4) is 11.5 Å². The number of hydrogen-bond acceptors (Lipinski definition) is 5. The molecule has 28 heavy (non-hydrogen) atoms. The summed E-state index contributed by atoms with van der Waals surface area (Å²) in [5, 5.41) is 0. The van der Waals surface area contributed by atoms with E-state index >= 15 is 0 Å². The van der Waals surface area contributed by atoms with Gasteiger partial charge in [-0.15, -0.1) is 0 Å². The summed E-state index contributed by atoms with van der Waals surface area (Å²) in [6.45, 7) is 0.428. The van der Waals surface area contributed by atoms with Gasteiger partial charge in [-0.1, -0.05) is 42.5 Å². The van der Waals surface area contributed by atoms with Crippen LogP contribution in [0.15, 0.2) is 85.1 Å². The third-order valence-electron chi connectivity index (χ3n) is 3.95. The first-order chi connectivity index (χ1) is 13.8. The van der Waals surface area contributed by atoms with Crippen LogP contribution in [0, 0.1) is 0 Å². The maximum atomic E-state index is 10.7. The zero-order valence-corrected chi connectivity index (χ0v) is 15.5. The van der Waals surface area contributed by atoms with Crippen LogP contribution in [0.25, 0.3) is 5.70 Å².